The van der Waals surface area contributed by atoms with E-state index in [1.807, 2.05) is 0 Å². The molecule has 0 spiro atoms. The summed E-state index contributed by atoms with van der Waals surface area (Å²) in [5.41, 5.74) is 0. The van der Waals surface area contributed by atoms with E-state index in [0.29, 0.717) is 0 Å². The number of benzene rings is 1. The number of hydrogen-bond donors (Lipinski definition) is 0. The van der Waals surface area contributed by atoms with Crippen LogP contribution < -0.4 is 4.74 Å². The largest absolute Gasteiger partial charge is 0.489 e. The van der Waals surface area contributed by atoms with Crippen LogP contribution in [0.5, 0.6) is 5.75 Å². The molecule has 0 fully saturated rings. The average Bonchev–Trinajstić information content (AvgIpc) is 2.31. The molecular formula is C12H18FNO3S. The Morgan fingerprint density at radius 1 is 1.33 bits per heavy atom. The minimum Gasteiger partial charge on any atom is -0.489 e. The Morgan fingerprint density at radius 3 is 2.50 bits per heavy atom. The Bertz CT molecular complexity index is 488. The van der Waals surface area contributed by atoms with Crippen molar-refractivity contribution in [2.24, 2.45) is 0 Å². The quantitative estimate of drug-likeness (QED) is 0.796. The lowest BCUT2D eigenvalue weighted by Crippen LogP contribution is -2.35. The minimum atomic E-state index is -3.28. The second-order valence-corrected chi connectivity index (χ2v) is 6.79. The van der Waals surface area contributed by atoms with Crippen molar-refractivity contribution in [1.29, 1.82) is 0 Å². The number of hydrogen-bond acceptors (Lipinski definition) is 3. The molecule has 18 heavy (non-hydrogen) atoms. The second kappa shape index (κ2) is 6.15. The molecule has 1 aromatic rings. The number of sulfonamides is 1. The molecule has 0 heterocycles. The highest BCUT2D eigenvalue weighted by Gasteiger charge is 2.21. The molecule has 0 atom stereocenters. The first-order valence-corrected chi connectivity index (χ1v) is 7.18. The van der Waals surface area contributed by atoms with Gasteiger partial charge < -0.3 is 4.74 Å². The van der Waals surface area contributed by atoms with Crippen molar-refractivity contribution in [2.45, 2.75) is 19.1 Å². The zero-order chi connectivity index (χ0) is 13.8. The van der Waals surface area contributed by atoms with Crippen molar-refractivity contribution in [3.63, 3.8) is 0 Å². The Labute approximate surface area is 107 Å². The van der Waals surface area contributed by atoms with Crippen molar-refractivity contribution in [3.05, 3.63) is 30.1 Å². The molecule has 0 aliphatic rings. The first-order chi connectivity index (χ1) is 8.35. The van der Waals surface area contributed by atoms with E-state index in [0.717, 1.165) is 0 Å². The van der Waals surface area contributed by atoms with E-state index in [1.165, 1.54) is 23.5 Å². The van der Waals surface area contributed by atoms with Gasteiger partial charge in [-0.05, 0) is 26.0 Å². The number of rotatable bonds is 6. The van der Waals surface area contributed by atoms with E-state index in [4.69, 9.17) is 4.74 Å². The molecule has 6 heteroatoms. The maximum absolute atomic E-state index is 13.2. The summed E-state index contributed by atoms with van der Waals surface area (Å²) in [5, 5.41) is -0.476. The summed E-state index contributed by atoms with van der Waals surface area (Å²) in [6, 6.07) is 6.03. The predicted molar refractivity (Wildman–Crippen MR) is 68.6 cm³/mol. The van der Waals surface area contributed by atoms with Gasteiger partial charge in [0.2, 0.25) is 10.0 Å². The molecule has 0 aliphatic heterocycles. The van der Waals surface area contributed by atoms with Gasteiger partial charge in [0.1, 0.15) is 6.61 Å². The van der Waals surface area contributed by atoms with Crippen LogP contribution in [0.15, 0.2) is 24.3 Å². The molecule has 0 radical (unpaired) electrons. The van der Waals surface area contributed by atoms with Gasteiger partial charge in [-0.3, -0.25) is 0 Å². The van der Waals surface area contributed by atoms with Crippen LogP contribution in [0.1, 0.15) is 13.8 Å². The summed E-state index contributed by atoms with van der Waals surface area (Å²) in [7, 11) is -1.80. The number of ether oxygens (including phenoxy) is 1. The molecule has 0 aliphatic carbocycles. The average molecular weight is 275 g/mol. The van der Waals surface area contributed by atoms with Crippen LogP contribution in [-0.2, 0) is 10.0 Å². The van der Waals surface area contributed by atoms with Crippen molar-refractivity contribution < 1.29 is 17.5 Å². The number of halogens is 1. The molecule has 0 bridgehead atoms. The summed E-state index contributed by atoms with van der Waals surface area (Å²) < 4.78 is 43.1. The molecule has 0 saturated heterocycles. The highest BCUT2D eigenvalue weighted by Crippen LogP contribution is 2.15. The van der Waals surface area contributed by atoms with E-state index < -0.39 is 21.1 Å². The van der Waals surface area contributed by atoms with Gasteiger partial charge in [0, 0.05) is 13.6 Å². The lowest BCUT2D eigenvalue weighted by atomic mass is 10.3. The highest BCUT2D eigenvalue weighted by molar-refractivity contribution is 7.89. The van der Waals surface area contributed by atoms with Crippen molar-refractivity contribution in [2.75, 3.05) is 20.2 Å². The number of para-hydroxylation sites is 1. The van der Waals surface area contributed by atoms with Gasteiger partial charge in [-0.15, -0.1) is 0 Å². The highest BCUT2D eigenvalue weighted by atomic mass is 32.2. The molecule has 1 rings (SSSR count). The van der Waals surface area contributed by atoms with Gasteiger partial charge in [-0.25, -0.2) is 17.1 Å². The maximum Gasteiger partial charge on any atom is 0.216 e. The zero-order valence-electron chi connectivity index (χ0n) is 10.8. The van der Waals surface area contributed by atoms with Gasteiger partial charge in [0.25, 0.3) is 0 Å². The molecule has 102 valence electrons. The van der Waals surface area contributed by atoms with Gasteiger partial charge >= 0.3 is 0 Å². The topological polar surface area (TPSA) is 46.6 Å². The fourth-order valence-electron chi connectivity index (χ4n) is 1.33. The number of nitrogens with zero attached hydrogens (tertiary/aromatic N) is 1. The molecular weight excluding hydrogens is 257 g/mol. The number of likely N-dealkylation sites (N-methyl/N-ethyl adjacent to an activating group) is 1. The SMILES string of the molecule is CC(C)S(=O)(=O)N(C)CCOc1ccccc1F. The van der Waals surface area contributed by atoms with E-state index >= 15 is 0 Å². The summed E-state index contributed by atoms with van der Waals surface area (Å²) in [5.74, 6) is -0.320. The summed E-state index contributed by atoms with van der Waals surface area (Å²) >= 11 is 0. The third kappa shape index (κ3) is 3.68. The fraction of sp³-hybridized carbons (Fsp3) is 0.500. The summed E-state index contributed by atoms with van der Waals surface area (Å²) in [6.45, 7) is 3.53. The summed E-state index contributed by atoms with van der Waals surface area (Å²) in [6.07, 6.45) is 0. The van der Waals surface area contributed by atoms with Crippen LogP contribution in [0.25, 0.3) is 0 Å². The lowest BCUT2D eigenvalue weighted by molar-refractivity contribution is 0.274. The fourth-order valence-corrected chi connectivity index (χ4v) is 2.38. The van der Waals surface area contributed by atoms with Crippen molar-refractivity contribution >= 4 is 10.0 Å². The summed E-state index contributed by atoms with van der Waals surface area (Å²) in [4.78, 5) is 0. The van der Waals surface area contributed by atoms with Crippen LogP contribution in [0.3, 0.4) is 0 Å². The molecule has 4 nitrogen and oxygen atoms in total. The molecule has 0 saturated carbocycles. The maximum atomic E-state index is 13.2. The molecule has 1 aromatic carbocycles. The smallest absolute Gasteiger partial charge is 0.216 e. The van der Waals surface area contributed by atoms with E-state index in [9.17, 15) is 12.8 Å². The monoisotopic (exact) mass is 275 g/mol. The molecule has 0 aromatic heterocycles. The molecule has 0 unspecified atom stereocenters. The molecule has 0 amide bonds. The minimum absolute atomic E-state index is 0.114. The van der Waals surface area contributed by atoms with Gasteiger partial charge in [0.15, 0.2) is 11.6 Å². The third-order valence-corrected chi connectivity index (χ3v) is 4.77. The molecule has 0 N–H and O–H groups in total. The van der Waals surface area contributed by atoms with Gasteiger partial charge in [-0.2, -0.15) is 0 Å². The van der Waals surface area contributed by atoms with Crippen LogP contribution >= 0.6 is 0 Å². The Hall–Kier alpha value is -1.14. The Morgan fingerprint density at radius 2 is 1.94 bits per heavy atom. The Balaban J connectivity index is 2.51. The third-order valence-electron chi connectivity index (χ3n) is 2.53. The first kappa shape index (κ1) is 14.9. The van der Waals surface area contributed by atoms with Gasteiger partial charge in [0.05, 0.1) is 5.25 Å². The standard InChI is InChI=1S/C12H18FNO3S/c1-10(2)18(15,16)14(3)8-9-17-12-7-5-4-6-11(12)13/h4-7,10H,8-9H2,1-3H3. The zero-order valence-corrected chi connectivity index (χ0v) is 11.6. The first-order valence-electron chi connectivity index (χ1n) is 5.68. The van der Waals surface area contributed by atoms with Crippen LogP contribution in [0, 0.1) is 5.82 Å². The van der Waals surface area contributed by atoms with Gasteiger partial charge in [-0.1, -0.05) is 12.1 Å². The van der Waals surface area contributed by atoms with E-state index in [2.05, 4.69) is 0 Å². The normalized spacial score (nSPS) is 12.1. The second-order valence-electron chi connectivity index (χ2n) is 4.19. The van der Waals surface area contributed by atoms with Crippen molar-refractivity contribution in [1.82, 2.24) is 4.31 Å². The van der Waals surface area contributed by atoms with Crippen LogP contribution in [0.4, 0.5) is 4.39 Å². The van der Waals surface area contributed by atoms with Crippen molar-refractivity contribution in [3.8, 4) is 5.75 Å². The van der Waals surface area contributed by atoms with Crippen LogP contribution in [0.2, 0.25) is 0 Å². The van der Waals surface area contributed by atoms with E-state index in [1.54, 1.807) is 26.0 Å². The Kier molecular flexibility index (Phi) is 5.10. The lowest BCUT2D eigenvalue weighted by Gasteiger charge is -2.19. The van der Waals surface area contributed by atoms with Crippen LogP contribution in [-0.4, -0.2) is 38.2 Å². The van der Waals surface area contributed by atoms with E-state index in [-0.39, 0.29) is 18.9 Å². The predicted octanol–water partition coefficient (Wildman–Crippen LogP) is 1.87.